The minimum atomic E-state index is -0.279. The van der Waals surface area contributed by atoms with Crippen LogP contribution in [0.1, 0.15) is 54.3 Å². The first-order chi connectivity index (χ1) is 11.5. The summed E-state index contributed by atoms with van der Waals surface area (Å²) in [5.41, 5.74) is 1.64. The molecule has 128 valence electrons. The van der Waals surface area contributed by atoms with Crippen molar-refractivity contribution in [3.05, 3.63) is 41.6 Å². The number of nitrogens with one attached hydrogen (secondary N) is 1. The number of rotatable bonds is 8. The maximum atomic E-state index is 12.5. The molecular formula is C18H23N3O3. The van der Waals surface area contributed by atoms with Crippen molar-refractivity contribution in [2.75, 3.05) is 11.9 Å². The molecule has 1 heterocycles. The van der Waals surface area contributed by atoms with E-state index >= 15 is 0 Å². The molecule has 0 fully saturated rings. The van der Waals surface area contributed by atoms with Crippen LogP contribution in [0.5, 0.6) is 5.88 Å². The van der Waals surface area contributed by atoms with Crippen molar-refractivity contribution in [2.24, 2.45) is 0 Å². The van der Waals surface area contributed by atoms with Gasteiger partial charge in [-0.3, -0.25) is 14.3 Å². The van der Waals surface area contributed by atoms with E-state index < -0.39 is 0 Å². The quantitative estimate of drug-likeness (QED) is 0.752. The van der Waals surface area contributed by atoms with Crippen LogP contribution in [0.2, 0.25) is 0 Å². The average molecular weight is 329 g/mol. The smallest absolute Gasteiger partial charge is 0.262 e. The fourth-order valence-corrected chi connectivity index (χ4v) is 2.20. The molecule has 0 aliphatic heterocycles. The SMILES string of the molecule is CCCOc1nn(CCC)cc1C(=O)Nc1ccc(C(C)=O)cc1. The molecule has 6 heteroatoms. The lowest BCUT2D eigenvalue weighted by Crippen LogP contribution is -2.13. The van der Waals surface area contributed by atoms with Crippen LogP contribution in [-0.4, -0.2) is 28.1 Å². The molecule has 0 unspecified atom stereocenters. The number of nitrogens with zero attached hydrogens (tertiary/aromatic N) is 2. The van der Waals surface area contributed by atoms with Gasteiger partial charge in [0.05, 0.1) is 6.61 Å². The number of ether oxygens (including phenoxy) is 1. The van der Waals surface area contributed by atoms with Crippen molar-refractivity contribution in [2.45, 2.75) is 40.2 Å². The maximum Gasteiger partial charge on any atom is 0.262 e. The number of ketones is 1. The highest BCUT2D eigenvalue weighted by Crippen LogP contribution is 2.19. The number of benzene rings is 1. The molecule has 2 aromatic rings. The van der Waals surface area contributed by atoms with Crippen LogP contribution < -0.4 is 10.1 Å². The molecule has 0 radical (unpaired) electrons. The summed E-state index contributed by atoms with van der Waals surface area (Å²) in [7, 11) is 0. The lowest BCUT2D eigenvalue weighted by atomic mass is 10.1. The molecule has 0 aliphatic carbocycles. The molecule has 1 amide bonds. The zero-order valence-corrected chi connectivity index (χ0v) is 14.3. The molecule has 0 atom stereocenters. The standard InChI is InChI=1S/C18H23N3O3/c1-4-10-21-12-16(18(20-21)24-11-5-2)17(23)19-15-8-6-14(7-9-15)13(3)22/h6-9,12H,4-5,10-11H2,1-3H3,(H,19,23). The molecule has 2 rings (SSSR count). The average Bonchev–Trinajstić information content (AvgIpc) is 2.96. The number of hydrogen-bond acceptors (Lipinski definition) is 4. The predicted octanol–water partition coefficient (Wildman–Crippen LogP) is 3.54. The number of carbonyl (C=O) groups is 2. The fourth-order valence-electron chi connectivity index (χ4n) is 2.20. The maximum absolute atomic E-state index is 12.5. The molecule has 0 bridgehead atoms. The van der Waals surface area contributed by atoms with Gasteiger partial charge in [-0.2, -0.15) is 0 Å². The van der Waals surface area contributed by atoms with E-state index in [1.807, 2.05) is 13.8 Å². The van der Waals surface area contributed by atoms with Crippen molar-refractivity contribution >= 4 is 17.4 Å². The second-order valence-electron chi connectivity index (χ2n) is 5.55. The summed E-state index contributed by atoms with van der Waals surface area (Å²) < 4.78 is 7.31. The van der Waals surface area contributed by atoms with Gasteiger partial charge in [0.15, 0.2) is 5.78 Å². The monoisotopic (exact) mass is 329 g/mol. The first kappa shape index (κ1) is 17.7. The Labute approximate surface area is 141 Å². The fraction of sp³-hybridized carbons (Fsp3) is 0.389. The summed E-state index contributed by atoms with van der Waals surface area (Å²) in [6.45, 7) is 6.79. The molecule has 0 saturated heterocycles. The van der Waals surface area contributed by atoms with Gasteiger partial charge in [-0.25, -0.2) is 0 Å². The molecule has 1 N–H and O–H groups in total. The minimum absolute atomic E-state index is 0.0102. The Bertz CT molecular complexity index is 705. The number of aromatic nitrogens is 2. The number of amides is 1. The van der Waals surface area contributed by atoms with E-state index in [1.165, 1.54) is 6.92 Å². The van der Waals surface area contributed by atoms with E-state index in [-0.39, 0.29) is 11.7 Å². The third kappa shape index (κ3) is 4.44. The van der Waals surface area contributed by atoms with Gasteiger partial charge in [0.1, 0.15) is 5.56 Å². The van der Waals surface area contributed by atoms with Crippen LogP contribution in [0.25, 0.3) is 0 Å². The van der Waals surface area contributed by atoms with Gasteiger partial charge in [0.25, 0.3) is 5.91 Å². The highest BCUT2D eigenvalue weighted by atomic mass is 16.5. The van der Waals surface area contributed by atoms with Crippen LogP contribution >= 0.6 is 0 Å². The number of hydrogen-bond donors (Lipinski definition) is 1. The van der Waals surface area contributed by atoms with Crippen LogP contribution in [0.3, 0.4) is 0 Å². The van der Waals surface area contributed by atoms with Gasteiger partial charge in [-0.15, -0.1) is 5.10 Å². The van der Waals surface area contributed by atoms with Crippen LogP contribution in [0, 0.1) is 0 Å². The van der Waals surface area contributed by atoms with Gasteiger partial charge >= 0.3 is 0 Å². The summed E-state index contributed by atoms with van der Waals surface area (Å²) in [4.78, 5) is 23.8. The second-order valence-corrected chi connectivity index (χ2v) is 5.55. The van der Waals surface area contributed by atoms with Crippen molar-refractivity contribution in [3.8, 4) is 5.88 Å². The van der Waals surface area contributed by atoms with E-state index in [4.69, 9.17) is 4.74 Å². The minimum Gasteiger partial charge on any atom is -0.476 e. The van der Waals surface area contributed by atoms with Crippen molar-refractivity contribution < 1.29 is 14.3 Å². The highest BCUT2D eigenvalue weighted by molar-refractivity contribution is 6.06. The zero-order valence-electron chi connectivity index (χ0n) is 14.3. The Morgan fingerprint density at radius 1 is 1.17 bits per heavy atom. The Morgan fingerprint density at radius 3 is 2.46 bits per heavy atom. The highest BCUT2D eigenvalue weighted by Gasteiger charge is 2.18. The van der Waals surface area contributed by atoms with Gasteiger partial charge in [-0.1, -0.05) is 13.8 Å². The van der Waals surface area contributed by atoms with Crippen molar-refractivity contribution in [1.82, 2.24) is 9.78 Å². The van der Waals surface area contributed by atoms with E-state index in [0.717, 1.165) is 19.4 Å². The summed E-state index contributed by atoms with van der Waals surface area (Å²) in [5, 5.41) is 7.14. The normalized spacial score (nSPS) is 10.5. The Hall–Kier alpha value is -2.63. The zero-order chi connectivity index (χ0) is 17.5. The van der Waals surface area contributed by atoms with Crippen LogP contribution in [0.15, 0.2) is 30.5 Å². The first-order valence-corrected chi connectivity index (χ1v) is 8.17. The van der Waals surface area contributed by atoms with Crippen molar-refractivity contribution in [1.29, 1.82) is 0 Å². The number of aryl methyl sites for hydroxylation is 1. The molecule has 1 aromatic carbocycles. The lowest BCUT2D eigenvalue weighted by molar-refractivity contribution is 0.101. The van der Waals surface area contributed by atoms with Gasteiger partial charge < -0.3 is 10.1 Å². The predicted molar refractivity (Wildman–Crippen MR) is 92.7 cm³/mol. The summed E-state index contributed by atoms with van der Waals surface area (Å²) in [5.74, 6) is 0.0613. The third-order valence-electron chi connectivity index (χ3n) is 3.42. The van der Waals surface area contributed by atoms with Gasteiger partial charge in [0.2, 0.25) is 5.88 Å². The van der Waals surface area contributed by atoms with Crippen LogP contribution in [0.4, 0.5) is 5.69 Å². The summed E-state index contributed by atoms with van der Waals surface area (Å²) in [6, 6.07) is 6.79. The topological polar surface area (TPSA) is 73.2 Å². The molecule has 24 heavy (non-hydrogen) atoms. The molecular weight excluding hydrogens is 306 g/mol. The third-order valence-corrected chi connectivity index (χ3v) is 3.42. The summed E-state index contributed by atoms with van der Waals surface area (Å²) >= 11 is 0. The van der Waals surface area contributed by atoms with Gasteiger partial charge in [0, 0.05) is 24.0 Å². The Kier molecular flexibility index (Phi) is 6.12. The van der Waals surface area contributed by atoms with Gasteiger partial charge in [-0.05, 0) is 44.0 Å². The Balaban J connectivity index is 2.16. The number of anilines is 1. The van der Waals surface area contributed by atoms with Crippen molar-refractivity contribution in [3.63, 3.8) is 0 Å². The second kappa shape index (κ2) is 8.29. The van der Waals surface area contributed by atoms with E-state index in [0.29, 0.717) is 29.3 Å². The largest absolute Gasteiger partial charge is 0.476 e. The molecule has 0 spiro atoms. The lowest BCUT2D eigenvalue weighted by Gasteiger charge is -2.06. The van der Waals surface area contributed by atoms with E-state index in [9.17, 15) is 9.59 Å². The molecule has 0 saturated carbocycles. The van der Waals surface area contributed by atoms with E-state index in [2.05, 4.69) is 10.4 Å². The number of carbonyl (C=O) groups excluding carboxylic acids is 2. The molecule has 6 nitrogen and oxygen atoms in total. The summed E-state index contributed by atoms with van der Waals surface area (Å²) in [6.07, 6.45) is 3.46. The Morgan fingerprint density at radius 2 is 1.88 bits per heavy atom. The molecule has 0 aliphatic rings. The molecule has 1 aromatic heterocycles. The first-order valence-electron chi connectivity index (χ1n) is 8.17. The van der Waals surface area contributed by atoms with E-state index in [1.54, 1.807) is 35.1 Å². The number of Topliss-reactive ketones (excluding diaryl/α,β-unsaturated/α-hetero) is 1. The van der Waals surface area contributed by atoms with Crippen LogP contribution in [-0.2, 0) is 6.54 Å².